The van der Waals surface area contributed by atoms with Crippen molar-refractivity contribution in [2.75, 3.05) is 19.0 Å². The van der Waals surface area contributed by atoms with E-state index in [0.29, 0.717) is 17.1 Å². The van der Waals surface area contributed by atoms with Crippen LogP contribution in [0.3, 0.4) is 0 Å². The summed E-state index contributed by atoms with van der Waals surface area (Å²) in [5.74, 6) is 0.716. The number of aromatic nitrogens is 1. The Kier molecular flexibility index (Phi) is 5.89. The van der Waals surface area contributed by atoms with Crippen molar-refractivity contribution in [1.82, 2.24) is 10.3 Å². The second-order valence-electron chi connectivity index (χ2n) is 5.46. The van der Waals surface area contributed by atoms with E-state index >= 15 is 0 Å². The van der Waals surface area contributed by atoms with Crippen LogP contribution in [0.15, 0.2) is 36.5 Å². The number of hydrogen-bond acceptors (Lipinski definition) is 4. The fourth-order valence-electron chi connectivity index (χ4n) is 2.10. The van der Waals surface area contributed by atoms with Gasteiger partial charge < -0.3 is 15.4 Å². The molecule has 0 aliphatic carbocycles. The number of nitrogens with one attached hydrogen (secondary N) is 2. The monoisotopic (exact) mass is 327 g/mol. The van der Waals surface area contributed by atoms with Gasteiger partial charge in [-0.3, -0.25) is 9.59 Å². The topological polar surface area (TPSA) is 80.3 Å². The summed E-state index contributed by atoms with van der Waals surface area (Å²) in [6, 6.07) is 8.84. The lowest BCUT2D eigenvalue weighted by atomic mass is 10.1. The molecule has 0 bridgehead atoms. The summed E-state index contributed by atoms with van der Waals surface area (Å²) in [7, 11) is 1.56. The summed E-state index contributed by atoms with van der Waals surface area (Å²) >= 11 is 0. The van der Waals surface area contributed by atoms with Crippen LogP contribution < -0.4 is 15.4 Å². The maximum absolute atomic E-state index is 12.1. The van der Waals surface area contributed by atoms with Crippen LogP contribution in [-0.4, -0.2) is 30.5 Å². The number of carbonyl (C=O) groups excluding carboxylic acids is 2. The molecule has 126 valence electrons. The Bertz CT molecular complexity index is 727. The largest absolute Gasteiger partial charge is 0.496 e. The Morgan fingerprint density at radius 2 is 1.96 bits per heavy atom. The number of methoxy groups -OCH3 is 1. The van der Waals surface area contributed by atoms with Crippen LogP contribution in [0.5, 0.6) is 5.75 Å². The minimum absolute atomic E-state index is 0.171. The number of anilines is 1. The first-order chi connectivity index (χ1) is 11.5. The summed E-state index contributed by atoms with van der Waals surface area (Å²) in [6.45, 7) is 4.07. The number of carbonyl (C=O) groups is 2. The second kappa shape index (κ2) is 8.10. The molecular weight excluding hydrogens is 306 g/mol. The molecule has 1 heterocycles. The first kappa shape index (κ1) is 17.5. The van der Waals surface area contributed by atoms with Crippen LogP contribution >= 0.6 is 0 Å². The highest BCUT2D eigenvalue weighted by Gasteiger charge is 2.09. The highest BCUT2D eigenvalue weighted by atomic mass is 16.5. The van der Waals surface area contributed by atoms with Crippen molar-refractivity contribution in [3.8, 4) is 5.75 Å². The summed E-state index contributed by atoms with van der Waals surface area (Å²) in [5.41, 5.74) is 2.48. The van der Waals surface area contributed by atoms with Crippen molar-refractivity contribution in [3.05, 3.63) is 53.2 Å². The number of amides is 2. The van der Waals surface area contributed by atoms with Crippen molar-refractivity contribution < 1.29 is 14.3 Å². The van der Waals surface area contributed by atoms with E-state index in [2.05, 4.69) is 15.6 Å². The molecule has 0 fully saturated rings. The Labute approximate surface area is 141 Å². The lowest BCUT2D eigenvalue weighted by molar-refractivity contribution is -0.116. The molecular formula is C18H21N3O3. The normalized spacial score (nSPS) is 10.1. The molecule has 0 unspecified atom stereocenters. The summed E-state index contributed by atoms with van der Waals surface area (Å²) in [6.07, 6.45) is 1.85. The van der Waals surface area contributed by atoms with Gasteiger partial charge in [0.15, 0.2) is 0 Å². The molecule has 0 radical (unpaired) electrons. The first-order valence-electron chi connectivity index (χ1n) is 7.65. The predicted molar refractivity (Wildman–Crippen MR) is 92.3 cm³/mol. The fraction of sp³-hybridized carbons (Fsp3) is 0.278. The highest BCUT2D eigenvalue weighted by Crippen LogP contribution is 2.18. The van der Waals surface area contributed by atoms with E-state index in [9.17, 15) is 9.59 Å². The van der Waals surface area contributed by atoms with Gasteiger partial charge >= 0.3 is 0 Å². The smallest absolute Gasteiger partial charge is 0.251 e. The zero-order valence-electron chi connectivity index (χ0n) is 14.1. The Morgan fingerprint density at radius 3 is 2.62 bits per heavy atom. The average Bonchev–Trinajstić information content (AvgIpc) is 2.57. The molecule has 0 atom stereocenters. The predicted octanol–water partition coefficient (Wildman–Crippen LogP) is 2.47. The van der Waals surface area contributed by atoms with Crippen LogP contribution in [0.4, 0.5) is 5.82 Å². The van der Waals surface area contributed by atoms with Crippen LogP contribution in [0, 0.1) is 13.8 Å². The van der Waals surface area contributed by atoms with Crippen molar-refractivity contribution in [2.45, 2.75) is 20.3 Å². The fourth-order valence-corrected chi connectivity index (χ4v) is 2.10. The quantitative estimate of drug-likeness (QED) is 0.854. The van der Waals surface area contributed by atoms with Crippen LogP contribution in [0.2, 0.25) is 0 Å². The second-order valence-corrected chi connectivity index (χ2v) is 5.46. The molecule has 6 nitrogen and oxygen atoms in total. The number of benzene rings is 1. The maximum atomic E-state index is 12.1. The van der Waals surface area contributed by atoms with Gasteiger partial charge in [-0.2, -0.15) is 0 Å². The Balaban J connectivity index is 1.81. The third-order valence-corrected chi connectivity index (χ3v) is 3.49. The van der Waals surface area contributed by atoms with Gasteiger partial charge in [0.2, 0.25) is 5.91 Å². The van der Waals surface area contributed by atoms with Crippen molar-refractivity contribution in [1.29, 1.82) is 0 Å². The minimum atomic E-state index is -0.241. The minimum Gasteiger partial charge on any atom is -0.496 e. The lowest BCUT2D eigenvalue weighted by Gasteiger charge is -2.09. The van der Waals surface area contributed by atoms with Gasteiger partial charge in [-0.05, 0) is 43.2 Å². The van der Waals surface area contributed by atoms with Crippen molar-refractivity contribution in [2.24, 2.45) is 0 Å². The lowest BCUT2D eigenvalue weighted by Crippen LogP contribution is -2.27. The maximum Gasteiger partial charge on any atom is 0.251 e. The van der Waals surface area contributed by atoms with Gasteiger partial charge in [0.25, 0.3) is 5.91 Å². The third kappa shape index (κ3) is 4.81. The van der Waals surface area contributed by atoms with Gasteiger partial charge in [-0.1, -0.05) is 12.1 Å². The standard InChI is InChI=1S/C18H21N3O3/c1-12-4-7-16(20-11-12)21-17(22)8-9-19-18(23)14-6-5-13(2)15(10-14)24-3/h4-7,10-11H,8-9H2,1-3H3,(H,19,23)(H,20,21,22). The third-order valence-electron chi connectivity index (χ3n) is 3.49. The Hall–Kier alpha value is -2.89. The summed E-state index contributed by atoms with van der Waals surface area (Å²) in [5, 5.41) is 5.41. The number of rotatable bonds is 6. The van der Waals surface area contributed by atoms with E-state index in [1.807, 2.05) is 26.0 Å². The van der Waals surface area contributed by atoms with E-state index < -0.39 is 0 Å². The molecule has 2 N–H and O–H groups in total. The molecule has 0 saturated heterocycles. The molecule has 0 aliphatic rings. The number of nitrogens with zero attached hydrogens (tertiary/aromatic N) is 1. The zero-order chi connectivity index (χ0) is 17.5. The average molecular weight is 327 g/mol. The zero-order valence-corrected chi connectivity index (χ0v) is 14.1. The van der Waals surface area contributed by atoms with E-state index in [1.165, 1.54) is 0 Å². The van der Waals surface area contributed by atoms with E-state index in [1.54, 1.807) is 31.5 Å². The van der Waals surface area contributed by atoms with Crippen LogP contribution in [-0.2, 0) is 4.79 Å². The van der Waals surface area contributed by atoms with Gasteiger partial charge in [0.1, 0.15) is 11.6 Å². The molecule has 6 heteroatoms. The molecule has 0 spiro atoms. The van der Waals surface area contributed by atoms with Crippen molar-refractivity contribution in [3.63, 3.8) is 0 Å². The van der Waals surface area contributed by atoms with Crippen molar-refractivity contribution >= 4 is 17.6 Å². The summed E-state index contributed by atoms with van der Waals surface area (Å²) in [4.78, 5) is 28.0. The Morgan fingerprint density at radius 1 is 1.17 bits per heavy atom. The molecule has 0 saturated carbocycles. The van der Waals surface area contributed by atoms with E-state index in [4.69, 9.17) is 4.74 Å². The van der Waals surface area contributed by atoms with Crippen LogP contribution in [0.25, 0.3) is 0 Å². The first-order valence-corrected chi connectivity index (χ1v) is 7.65. The van der Waals surface area contributed by atoms with E-state index in [-0.39, 0.29) is 24.8 Å². The number of aryl methyl sites for hydroxylation is 2. The van der Waals surface area contributed by atoms with Gasteiger partial charge in [0, 0.05) is 24.7 Å². The number of pyridine rings is 1. The van der Waals surface area contributed by atoms with Gasteiger partial charge in [0.05, 0.1) is 7.11 Å². The molecule has 1 aromatic carbocycles. The SMILES string of the molecule is COc1cc(C(=O)NCCC(=O)Nc2ccc(C)cn2)ccc1C. The summed E-state index contributed by atoms with van der Waals surface area (Å²) < 4.78 is 5.20. The molecule has 1 aromatic heterocycles. The van der Waals surface area contributed by atoms with Gasteiger partial charge in [-0.15, -0.1) is 0 Å². The molecule has 2 rings (SSSR count). The highest BCUT2D eigenvalue weighted by molar-refractivity contribution is 5.95. The number of hydrogen-bond donors (Lipinski definition) is 2. The van der Waals surface area contributed by atoms with Gasteiger partial charge in [-0.25, -0.2) is 4.98 Å². The molecule has 24 heavy (non-hydrogen) atoms. The van der Waals surface area contributed by atoms with E-state index in [0.717, 1.165) is 11.1 Å². The van der Waals surface area contributed by atoms with Crippen LogP contribution in [0.1, 0.15) is 27.9 Å². The molecule has 2 aromatic rings. The number of ether oxygens (including phenoxy) is 1. The molecule has 2 amide bonds. The molecule has 0 aliphatic heterocycles.